The molecule has 1 aromatic carbocycles. The molecule has 1 atom stereocenters. The van der Waals surface area contributed by atoms with E-state index >= 15 is 0 Å². The fourth-order valence-corrected chi connectivity index (χ4v) is 3.28. The number of ether oxygens (including phenoxy) is 2. The second-order valence-electron chi connectivity index (χ2n) is 5.01. The Kier molecular flexibility index (Phi) is 5.65. The van der Waals surface area contributed by atoms with E-state index < -0.39 is 16.1 Å². The molecule has 0 bridgehead atoms. The van der Waals surface area contributed by atoms with Crippen LogP contribution < -0.4 is 13.8 Å². The van der Waals surface area contributed by atoms with Gasteiger partial charge in [-0.15, -0.1) is 0 Å². The number of carbonyl (C=O) groups is 1. The van der Waals surface area contributed by atoms with Crippen molar-refractivity contribution in [2.75, 3.05) is 38.9 Å². The van der Waals surface area contributed by atoms with Crippen molar-refractivity contribution >= 4 is 21.6 Å². The highest BCUT2D eigenvalue weighted by Crippen LogP contribution is 2.35. The number of nitrogens with zero attached hydrogens (tertiary/aromatic N) is 2. The van der Waals surface area contributed by atoms with Crippen LogP contribution in [0.1, 0.15) is 6.92 Å². The normalized spacial score (nSPS) is 12.5. The number of hydrogen-bond donors (Lipinski definition) is 0. The van der Waals surface area contributed by atoms with Gasteiger partial charge in [0.25, 0.3) is 0 Å². The lowest BCUT2D eigenvalue weighted by Gasteiger charge is -2.31. The molecule has 0 saturated carbocycles. The lowest BCUT2D eigenvalue weighted by atomic mass is 10.2. The van der Waals surface area contributed by atoms with Crippen LogP contribution in [0.4, 0.5) is 5.69 Å². The van der Waals surface area contributed by atoms with Crippen LogP contribution in [0.25, 0.3) is 0 Å². The average Bonchev–Trinajstić information content (AvgIpc) is 2.44. The Labute approximate surface area is 131 Å². The quantitative estimate of drug-likeness (QED) is 0.776. The topological polar surface area (TPSA) is 76.2 Å². The highest BCUT2D eigenvalue weighted by atomic mass is 32.2. The van der Waals surface area contributed by atoms with Gasteiger partial charge < -0.3 is 14.4 Å². The van der Waals surface area contributed by atoms with E-state index in [4.69, 9.17) is 9.47 Å². The van der Waals surface area contributed by atoms with Crippen LogP contribution in [0, 0.1) is 0 Å². The van der Waals surface area contributed by atoms with Gasteiger partial charge in [-0.2, -0.15) is 0 Å². The minimum absolute atomic E-state index is 0.257. The molecule has 0 aromatic heterocycles. The Bertz CT molecular complexity index is 643. The molecule has 0 radical (unpaired) electrons. The molecule has 8 heteroatoms. The first kappa shape index (κ1) is 18.1. The maximum Gasteiger partial charge on any atom is 0.245 e. The molecule has 0 N–H and O–H groups in total. The van der Waals surface area contributed by atoms with E-state index in [1.54, 1.807) is 26.2 Å². The number of sulfonamides is 1. The molecule has 1 rings (SSSR count). The molecular formula is C14H22N2O5S. The van der Waals surface area contributed by atoms with Crippen molar-refractivity contribution in [1.29, 1.82) is 0 Å². The Morgan fingerprint density at radius 1 is 1.18 bits per heavy atom. The molecule has 0 aliphatic rings. The minimum Gasteiger partial charge on any atom is -0.497 e. The molecule has 0 aliphatic carbocycles. The average molecular weight is 330 g/mol. The van der Waals surface area contributed by atoms with Gasteiger partial charge in [0, 0.05) is 20.2 Å². The van der Waals surface area contributed by atoms with E-state index in [1.165, 1.54) is 32.1 Å². The zero-order chi connectivity index (χ0) is 17.1. The second kappa shape index (κ2) is 6.87. The summed E-state index contributed by atoms with van der Waals surface area (Å²) in [5.74, 6) is 0.467. The SMILES string of the molecule is COc1ccc(OC)c(N([C@@H](C)C(=O)N(C)C)S(C)(=O)=O)c1. The molecule has 0 heterocycles. The maximum absolute atomic E-state index is 12.2. The highest BCUT2D eigenvalue weighted by Gasteiger charge is 2.32. The van der Waals surface area contributed by atoms with Crippen molar-refractivity contribution in [2.45, 2.75) is 13.0 Å². The number of rotatable bonds is 6. The van der Waals surface area contributed by atoms with Gasteiger partial charge in [-0.3, -0.25) is 9.10 Å². The van der Waals surface area contributed by atoms with Crippen molar-refractivity contribution < 1.29 is 22.7 Å². The Balaban J connectivity index is 3.50. The summed E-state index contributed by atoms with van der Waals surface area (Å²) in [6, 6.07) is 3.87. The number of hydrogen-bond acceptors (Lipinski definition) is 5. The van der Waals surface area contributed by atoms with Crippen molar-refractivity contribution in [3.63, 3.8) is 0 Å². The third-order valence-corrected chi connectivity index (χ3v) is 4.36. The van der Waals surface area contributed by atoms with E-state index in [-0.39, 0.29) is 11.6 Å². The largest absolute Gasteiger partial charge is 0.497 e. The third-order valence-electron chi connectivity index (χ3n) is 3.13. The number of anilines is 1. The molecule has 7 nitrogen and oxygen atoms in total. The monoisotopic (exact) mass is 330 g/mol. The first-order chi connectivity index (χ1) is 10.1. The first-order valence-corrected chi connectivity index (χ1v) is 8.41. The van der Waals surface area contributed by atoms with Crippen molar-refractivity contribution in [1.82, 2.24) is 4.90 Å². The number of amides is 1. The molecule has 0 aliphatic heterocycles. The van der Waals surface area contributed by atoms with Crippen LogP contribution in [-0.2, 0) is 14.8 Å². The zero-order valence-corrected chi connectivity index (χ0v) is 14.5. The molecule has 22 heavy (non-hydrogen) atoms. The molecule has 1 amide bonds. The summed E-state index contributed by atoms with van der Waals surface area (Å²) >= 11 is 0. The Morgan fingerprint density at radius 3 is 2.18 bits per heavy atom. The molecule has 0 saturated heterocycles. The molecule has 0 spiro atoms. The molecular weight excluding hydrogens is 308 g/mol. The summed E-state index contributed by atoms with van der Waals surface area (Å²) in [4.78, 5) is 13.5. The molecule has 1 aromatic rings. The minimum atomic E-state index is -3.70. The summed E-state index contributed by atoms with van der Waals surface area (Å²) < 4.78 is 35.8. The van der Waals surface area contributed by atoms with Gasteiger partial charge in [-0.05, 0) is 19.1 Å². The number of benzene rings is 1. The van der Waals surface area contributed by atoms with Crippen molar-refractivity contribution in [3.05, 3.63) is 18.2 Å². The van der Waals surface area contributed by atoms with Gasteiger partial charge in [0.1, 0.15) is 17.5 Å². The lowest BCUT2D eigenvalue weighted by Crippen LogP contribution is -2.47. The molecule has 124 valence electrons. The number of carbonyl (C=O) groups excluding carboxylic acids is 1. The number of methoxy groups -OCH3 is 2. The molecule has 0 fully saturated rings. The maximum atomic E-state index is 12.2. The molecule has 0 unspecified atom stereocenters. The van der Waals surface area contributed by atoms with E-state index in [9.17, 15) is 13.2 Å². The smallest absolute Gasteiger partial charge is 0.245 e. The summed E-state index contributed by atoms with van der Waals surface area (Å²) in [5, 5.41) is 0. The van der Waals surface area contributed by atoms with Gasteiger partial charge in [0.15, 0.2) is 0 Å². The van der Waals surface area contributed by atoms with Crippen LogP contribution >= 0.6 is 0 Å². The summed E-state index contributed by atoms with van der Waals surface area (Å²) in [6.07, 6.45) is 1.05. The van der Waals surface area contributed by atoms with Gasteiger partial charge >= 0.3 is 0 Å². The van der Waals surface area contributed by atoms with Gasteiger partial charge in [-0.1, -0.05) is 0 Å². The van der Waals surface area contributed by atoms with Crippen LogP contribution in [-0.4, -0.2) is 59.8 Å². The highest BCUT2D eigenvalue weighted by molar-refractivity contribution is 7.92. The summed E-state index contributed by atoms with van der Waals surface area (Å²) in [5.41, 5.74) is 0.257. The predicted molar refractivity (Wildman–Crippen MR) is 85.0 cm³/mol. The standard InChI is InChI=1S/C14H22N2O5S/c1-10(14(17)15(2)3)16(22(6,18)19)12-9-11(20-4)7-8-13(12)21-5/h7-10H,1-6H3/t10-/m0/s1. The Hall–Kier alpha value is -1.96. The van der Waals surface area contributed by atoms with Crippen LogP contribution in [0.5, 0.6) is 11.5 Å². The fourth-order valence-electron chi connectivity index (χ4n) is 2.12. The summed E-state index contributed by atoms with van der Waals surface area (Å²) in [6.45, 7) is 1.53. The number of likely N-dealkylation sites (N-methyl/N-ethyl adjacent to an activating group) is 1. The van der Waals surface area contributed by atoms with Crippen molar-refractivity contribution in [2.24, 2.45) is 0 Å². The van der Waals surface area contributed by atoms with E-state index in [1.807, 2.05) is 0 Å². The third kappa shape index (κ3) is 3.82. The van der Waals surface area contributed by atoms with Crippen LogP contribution in [0.3, 0.4) is 0 Å². The zero-order valence-electron chi connectivity index (χ0n) is 13.7. The first-order valence-electron chi connectivity index (χ1n) is 6.56. The summed E-state index contributed by atoms with van der Waals surface area (Å²) in [7, 11) is 2.35. The van der Waals surface area contributed by atoms with E-state index in [0.29, 0.717) is 11.5 Å². The van der Waals surface area contributed by atoms with Gasteiger partial charge in [0.05, 0.1) is 26.2 Å². The Morgan fingerprint density at radius 2 is 1.77 bits per heavy atom. The van der Waals surface area contributed by atoms with E-state index in [0.717, 1.165) is 10.6 Å². The van der Waals surface area contributed by atoms with Crippen LogP contribution in [0.15, 0.2) is 18.2 Å². The van der Waals surface area contributed by atoms with Gasteiger partial charge in [-0.25, -0.2) is 8.42 Å². The van der Waals surface area contributed by atoms with Crippen LogP contribution in [0.2, 0.25) is 0 Å². The predicted octanol–water partition coefficient (Wildman–Crippen LogP) is 0.947. The van der Waals surface area contributed by atoms with Crippen molar-refractivity contribution in [3.8, 4) is 11.5 Å². The van der Waals surface area contributed by atoms with Gasteiger partial charge in [0.2, 0.25) is 15.9 Å². The lowest BCUT2D eigenvalue weighted by molar-refractivity contribution is -0.129. The second-order valence-corrected chi connectivity index (χ2v) is 6.86. The fraction of sp³-hybridized carbons (Fsp3) is 0.500. The van der Waals surface area contributed by atoms with E-state index in [2.05, 4.69) is 0 Å².